The van der Waals surface area contributed by atoms with Gasteiger partial charge in [-0.3, -0.25) is 24.7 Å². The molecule has 0 spiro atoms. The second kappa shape index (κ2) is 11.4. The molecule has 9 heteroatoms. The molecule has 0 fully saturated rings. The maximum atomic E-state index is 13.3. The molecule has 0 atom stereocenters. The molecule has 180 valence electrons. The summed E-state index contributed by atoms with van der Waals surface area (Å²) in [6.45, 7) is 0. The van der Waals surface area contributed by atoms with Crippen molar-refractivity contribution in [3.05, 3.63) is 115 Å². The number of carbonyl (C=O) groups excluding carboxylic acids is 1. The third-order valence-corrected chi connectivity index (χ3v) is 5.17. The zero-order valence-corrected chi connectivity index (χ0v) is 19.5. The molecule has 0 aliphatic carbocycles. The highest BCUT2D eigenvalue weighted by Gasteiger charge is 2.19. The van der Waals surface area contributed by atoms with Gasteiger partial charge >= 0.3 is 0 Å². The van der Waals surface area contributed by atoms with Crippen LogP contribution >= 0.6 is 0 Å². The molecule has 0 unspecified atom stereocenters. The fourth-order valence-electron chi connectivity index (χ4n) is 3.38. The Labute approximate surface area is 212 Å². The minimum atomic E-state index is -1.08. The van der Waals surface area contributed by atoms with Crippen LogP contribution in [-0.2, 0) is 4.79 Å². The maximum absolute atomic E-state index is 13.3. The first kappa shape index (κ1) is 23.4. The van der Waals surface area contributed by atoms with Gasteiger partial charge in [-0.1, -0.05) is 42.5 Å². The Morgan fingerprint density at radius 3 is 1.97 bits per heavy atom. The topological polar surface area (TPSA) is 119 Å². The van der Waals surface area contributed by atoms with Crippen molar-refractivity contribution in [1.29, 1.82) is 0 Å². The third kappa shape index (κ3) is 6.04. The maximum Gasteiger partial charge on any atom is 0.271 e. The normalized spacial score (nSPS) is 12.1. The highest BCUT2D eigenvalue weighted by Crippen LogP contribution is 2.29. The van der Waals surface area contributed by atoms with E-state index in [2.05, 4.69) is 35.5 Å². The molecule has 2 aromatic carbocycles. The number of pyridine rings is 2. The van der Waals surface area contributed by atoms with E-state index in [1.807, 2.05) is 48.5 Å². The number of rotatable bonds is 8. The summed E-state index contributed by atoms with van der Waals surface area (Å²) in [5.74, 6) is 0.212. The first-order chi connectivity index (χ1) is 18.3. The Balaban J connectivity index is 1.41. The predicted octanol–water partition coefficient (Wildman–Crippen LogP) is 4.70. The van der Waals surface area contributed by atoms with E-state index in [1.54, 1.807) is 54.9 Å². The minimum absolute atomic E-state index is 0.278. The van der Waals surface area contributed by atoms with Crippen molar-refractivity contribution in [2.75, 3.05) is 5.32 Å². The molecule has 0 saturated heterocycles. The molecular weight excluding hydrogens is 466 g/mol. The second-order valence-corrected chi connectivity index (χ2v) is 7.75. The lowest BCUT2D eigenvalue weighted by Crippen LogP contribution is -2.25. The van der Waals surface area contributed by atoms with Gasteiger partial charge < -0.3 is 9.73 Å². The molecule has 0 saturated carbocycles. The molecule has 0 aliphatic rings. The predicted molar refractivity (Wildman–Crippen MR) is 141 cm³/mol. The summed E-state index contributed by atoms with van der Waals surface area (Å²) in [4.78, 5) is 30.5. The molecule has 37 heavy (non-hydrogen) atoms. The van der Waals surface area contributed by atoms with Crippen molar-refractivity contribution in [2.24, 2.45) is 9.98 Å². The molecule has 9 nitrogen and oxygen atoms in total. The molecule has 5 rings (SSSR count). The lowest BCUT2D eigenvalue weighted by atomic mass is 10.1. The van der Waals surface area contributed by atoms with E-state index in [9.17, 15) is 4.79 Å². The van der Waals surface area contributed by atoms with Crippen LogP contribution in [0.4, 0.5) is 5.69 Å². The second-order valence-electron chi connectivity index (χ2n) is 7.75. The van der Waals surface area contributed by atoms with Crippen LogP contribution in [0.1, 0.15) is 11.4 Å². The highest BCUT2D eigenvalue weighted by atomic mass is 16.4. The Morgan fingerprint density at radius 2 is 1.32 bits per heavy atom. The molecule has 5 aromatic rings. The average Bonchev–Trinajstić information content (AvgIpc) is 3.45. The Morgan fingerprint density at radius 1 is 0.730 bits per heavy atom. The quantitative estimate of drug-likeness (QED) is 0.317. The van der Waals surface area contributed by atoms with E-state index in [1.165, 1.54) is 12.4 Å². The van der Waals surface area contributed by atoms with Crippen molar-refractivity contribution < 1.29 is 9.21 Å². The average molecular weight is 488 g/mol. The number of anilines is 1. The van der Waals surface area contributed by atoms with Crippen molar-refractivity contribution in [1.82, 2.24) is 20.2 Å². The van der Waals surface area contributed by atoms with Gasteiger partial charge in [-0.25, -0.2) is 0 Å². The molecule has 1 amide bonds. The van der Waals surface area contributed by atoms with Gasteiger partial charge in [-0.15, -0.1) is 10.2 Å². The standard InChI is InChI=1S/C28H21N7O2/c36-26(25(31-18-21-12-6-8-16-29-21)32-19-22-13-7-9-17-30-22)33-24-15-5-4-14-23(24)28-35-34-27(37-28)20-10-2-1-3-11-20/h1-19,25H,(H,33,36). The van der Waals surface area contributed by atoms with Crippen molar-refractivity contribution in [3.8, 4) is 22.9 Å². The minimum Gasteiger partial charge on any atom is -0.416 e. The van der Waals surface area contributed by atoms with Crippen LogP contribution in [-0.4, -0.2) is 44.7 Å². The fraction of sp³-hybridized carbons (Fsp3) is 0.0357. The van der Waals surface area contributed by atoms with E-state index < -0.39 is 12.1 Å². The lowest BCUT2D eigenvalue weighted by molar-refractivity contribution is -0.117. The van der Waals surface area contributed by atoms with Gasteiger partial charge in [0.25, 0.3) is 5.91 Å². The zero-order valence-electron chi connectivity index (χ0n) is 19.5. The van der Waals surface area contributed by atoms with Gasteiger partial charge in [-0.2, -0.15) is 0 Å². The van der Waals surface area contributed by atoms with Gasteiger partial charge in [0.05, 0.1) is 35.1 Å². The van der Waals surface area contributed by atoms with Crippen LogP contribution in [0.5, 0.6) is 0 Å². The summed E-state index contributed by atoms with van der Waals surface area (Å²) in [7, 11) is 0. The van der Waals surface area contributed by atoms with E-state index >= 15 is 0 Å². The molecule has 0 radical (unpaired) electrons. The SMILES string of the molecule is O=C(Nc1ccccc1-c1nnc(-c2ccccc2)o1)C(N=Cc1ccccn1)N=Cc1ccccn1. The summed E-state index contributed by atoms with van der Waals surface area (Å²) < 4.78 is 5.90. The van der Waals surface area contributed by atoms with Crippen LogP contribution in [0, 0.1) is 0 Å². The first-order valence-corrected chi connectivity index (χ1v) is 11.4. The molecular formula is C28H21N7O2. The summed E-state index contributed by atoms with van der Waals surface area (Å²) in [5, 5.41) is 11.2. The van der Waals surface area contributed by atoms with E-state index in [-0.39, 0.29) is 5.89 Å². The molecule has 3 heterocycles. The number of para-hydroxylation sites is 1. The van der Waals surface area contributed by atoms with E-state index in [0.29, 0.717) is 28.5 Å². The van der Waals surface area contributed by atoms with Gasteiger partial charge in [-0.05, 0) is 48.5 Å². The number of aliphatic imine (C=N–C) groups is 2. The number of amides is 1. The fourth-order valence-corrected chi connectivity index (χ4v) is 3.38. The summed E-state index contributed by atoms with van der Waals surface area (Å²) >= 11 is 0. The Hall–Kier alpha value is -5.31. The number of carbonyl (C=O) groups is 1. The van der Waals surface area contributed by atoms with Crippen molar-refractivity contribution in [2.45, 2.75) is 6.17 Å². The number of benzene rings is 2. The first-order valence-electron chi connectivity index (χ1n) is 11.4. The van der Waals surface area contributed by atoms with Crippen LogP contribution in [0.2, 0.25) is 0 Å². The van der Waals surface area contributed by atoms with Gasteiger partial charge in [0.1, 0.15) is 0 Å². The van der Waals surface area contributed by atoms with Gasteiger partial charge in [0.2, 0.25) is 17.9 Å². The van der Waals surface area contributed by atoms with Crippen LogP contribution in [0.15, 0.2) is 118 Å². The van der Waals surface area contributed by atoms with Crippen LogP contribution in [0.25, 0.3) is 22.9 Å². The summed E-state index contributed by atoms with van der Waals surface area (Å²) in [6.07, 6.45) is 5.24. The monoisotopic (exact) mass is 487 g/mol. The molecule has 3 aromatic heterocycles. The van der Waals surface area contributed by atoms with Crippen molar-refractivity contribution in [3.63, 3.8) is 0 Å². The molecule has 0 bridgehead atoms. The highest BCUT2D eigenvalue weighted by molar-refractivity contribution is 5.99. The van der Waals surface area contributed by atoms with Crippen molar-refractivity contribution >= 4 is 24.0 Å². The smallest absolute Gasteiger partial charge is 0.271 e. The largest absolute Gasteiger partial charge is 0.416 e. The summed E-state index contributed by atoms with van der Waals surface area (Å²) in [5.41, 5.74) is 3.07. The van der Waals surface area contributed by atoms with E-state index in [4.69, 9.17) is 4.42 Å². The van der Waals surface area contributed by atoms with Crippen LogP contribution in [0.3, 0.4) is 0 Å². The summed E-state index contributed by atoms with van der Waals surface area (Å²) in [6, 6.07) is 27.5. The van der Waals surface area contributed by atoms with Crippen LogP contribution < -0.4 is 5.32 Å². The Bertz CT molecular complexity index is 1470. The number of hydrogen-bond acceptors (Lipinski definition) is 8. The number of nitrogens with one attached hydrogen (secondary N) is 1. The third-order valence-electron chi connectivity index (χ3n) is 5.17. The van der Waals surface area contributed by atoms with Gasteiger partial charge in [0, 0.05) is 18.0 Å². The van der Waals surface area contributed by atoms with Gasteiger partial charge in [0.15, 0.2) is 0 Å². The number of hydrogen-bond donors (Lipinski definition) is 1. The molecule has 1 N–H and O–H groups in total. The lowest BCUT2D eigenvalue weighted by Gasteiger charge is -2.11. The van der Waals surface area contributed by atoms with E-state index in [0.717, 1.165) is 5.56 Å². The zero-order chi connectivity index (χ0) is 25.3. The number of aromatic nitrogens is 4. The molecule has 0 aliphatic heterocycles. The number of nitrogens with zero attached hydrogens (tertiary/aromatic N) is 6. The Kier molecular flexibility index (Phi) is 7.23.